The van der Waals surface area contributed by atoms with E-state index in [1.165, 1.54) is 24.8 Å². The molecule has 0 spiro atoms. The van der Waals surface area contributed by atoms with E-state index in [4.69, 9.17) is 4.74 Å². The minimum atomic E-state index is -0.217. The summed E-state index contributed by atoms with van der Waals surface area (Å²) in [4.78, 5) is 12.1. The summed E-state index contributed by atoms with van der Waals surface area (Å²) in [6.45, 7) is 4.19. The van der Waals surface area contributed by atoms with Crippen molar-refractivity contribution in [1.29, 1.82) is 0 Å². The van der Waals surface area contributed by atoms with Crippen molar-refractivity contribution in [1.82, 2.24) is 0 Å². The summed E-state index contributed by atoms with van der Waals surface area (Å²) in [6.07, 6.45) is 6.58. The third-order valence-electron chi connectivity index (χ3n) is 3.84. The highest BCUT2D eigenvalue weighted by Gasteiger charge is 2.28. The average molecular weight is 275 g/mol. The molecule has 1 aromatic rings. The van der Waals surface area contributed by atoms with Crippen molar-refractivity contribution in [2.24, 2.45) is 0 Å². The lowest BCUT2D eigenvalue weighted by atomic mass is 10.1. The highest BCUT2D eigenvalue weighted by atomic mass is 16.5. The van der Waals surface area contributed by atoms with Crippen molar-refractivity contribution in [2.45, 2.75) is 64.5 Å². The van der Waals surface area contributed by atoms with E-state index in [2.05, 4.69) is 18.3 Å². The number of carbonyl (C=O) groups excluding carboxylic acids is 1. The number of esters is 1. The number of fused-ring (bicyclic) bond motifs is 1. The van der Waals surface area contributed by atoms with Crippen LogP contribution in [0, 0.1) is 0 Å². The smallest absolute Gasteiger partial charge is 0.329 e. The molecule has 2 atom stereocenters. The van der Waals surface area contributed by atoms with Crippen LogP contribution in [0.5, 0.6) is 0 Å². The van der Waals surface area contributed by atoms with E-state index in [-0.39, 0.29) is 18.1 Å². The number of hydrogen-bond donors (Lipinski definition) is 1. The Morgan fingerprint density at radius 1 is 1.35 bits per heavy atom. The minimum Gasteiger partial charge on any atom is -0.461 e. The number of rotatable bonds is 7. The van der Waals surface area contributed by atoms with Crippen molar-refractivity contribution in [2.75, 3.05) is 5.32 Å². The van der Waals surface area contributed by atoms with E-state index >= 15 is 0 Å². The molecule has 0 saturated heterocycles. The molecule has 2 rings (SSSR count). The first-order valence-electron chi connectivity index (χ1n) is 7.75. The van der Waals surface area contributed by atoms with Crippen LogP contribution in [0.2, 0.25) is 0 Å². The Bertz CT molecular complexity index is 419. The van der Waals surface area contributed by atoms with Crippen LogP contribution in [0.15, 0.2) is 24.3 Å². The molecule has 0 aromatic heterocycles. The van der Waals surface area contributed by atoms with Crippen LogP contribution >= 0.6 is 0 Å². The van der Waals surface area contributed by atoms with Crippen molar-refractivity contribution >= 4 is 11.7 Å². The van der Waals surface area contributed by atoms with E-state index in [1.807, 2.05) is 25.1 Å². The Balaban J connectivity index is 1.73. The standard InChI is InChI=1S/C17H25NO2/c1-3-4-5-6-9-13(2)20-17(19)16-12-14-10-7-8-11-15(14)18-16/h7-8,10-11,13,16,18H,3-6,9,12H2,1-2H3/t13?,16-/m0/s1. The number of para-hydroxylation sites is 1. The van der Waals surface area contributed by atoms with Gasteiger partial charge in [-0.05, 0) is 31.4 Å². The van der Waals surface area contributed by atoms with Gasteiger partial charge in [0, 0.05) is 12.1 Å². The van der Waals surface area contributed by atoms with Crippen LogP contribution in [0.1, 0.15) is 51.5 Å². The summed E-state index contributed by atoms with van der Waals surface area (Å²) >= 11 is 0. The maximum Gasteiger partial charge on any atom is 0.329 e. The third-order valence-corrected chi connectivity index (χ3v) is 3.84. The second-order valence-corrected chi connectivity index (χ2v) is 5.66. The van der Waals surface area contributed by atoms with E-state index in [0.29, 0.717) is 0 Å². The van der Waals surface area contributed by atoms with Crippen LogP contribution in [-0.4, -0.2) is 18.1 Å². The van der Waals surface area contributed by atoms with E-state index < -0.39 is 0 Å². The van der Waals surface area contributed by atoms with Gasteiger partial charge in [-0.25, -0.2) is 4.79 Å². The predicted molar refractivity (Wildman–Crippen MR) is 81.9 cm³/mol. The number of hydrogen-bond acceptors (Lipinski definition) is 3. The lowest BCUT2D eigenvalue weighted by Crippen LogP contribution is -2.31. The molecule has 1 aliphatic heterocycles. The van der Waals surface area contributed by atoms with Gasteiger partial charge in [0.2, 0.25) is 0 Å². The molecule has 3 nitrogen and oxygen atoms in total. The normalized spacial score (nSPS) is 18.2. The summed E-state index contributed by atoms with van der Waals surface area (Å²) in [5.41, 5.74) is 2.26. The minimum absolute atomic E-state index is 0.0184. The summed E-state index contributed by atoms with van der Waals surface area (Å²) in [6, 6.07) is 7.84. The Morgan fingerprint density at radius 2 is 2.15 bits per heavy atom. The number of unbranched alkanes of at least 4 members (excludes halogenated alkanes) is 3. The van der Waals surface area contributed by atoms with Crippen LogP contribution in [0.3, 0.4) is 0 Å². The zero-order valence-corrected chi connectivity index (χ0v) is 12.5. The van der Waals surface area contributed by atoms with Gasteiger partial charge in [0.15, 0.2) is 0 Å². The molecule has 0 fully saturated rings. The molecule has 1 aromatic carbocycles. The molecule has 0 radical (unpaired) electrons. The van der Waals surface area contributed by atoms with Crippen molar-refractivity contribution < 1.29 is 9.53 Å². The molecule has 1 heterocycles. The van der Waals surface area contributed by atoms with E-state index in [0.717, 1.165) is 24.9 Å². The summed E-state index contributed by atoms with van der Waals surface area (Å²) < 4.78 is 5.54. The zero-order valence-electron chi connectivity index (χ0n) is 12.5. The summed E-state index contributed by atoms with van der Waals surface area (Å²) in [5, 5.41) is 3.24. The van der Waals surface area contributed by atoms with E-state index in [9.17, 15) is 4.79 Å². The first-order valence-corrected chi connectivity index (χ1v) is 7.75. The lowest BCUT2D eigenvalue weighted by molar-refractivity contribution is -0.149. The molecule has 0 amide bonds. The molecular weight excluding hydrogens is 250 g/mol. The second-order valence-electron chi connectivity index (χ2n) is 5.66. The lowest BCUT2D eigenvalue weighted by Gasteiger charge is -2.16. The molecule has 3 heteroatoms. The molecule has 1 aliphatic rings. The molecule has 0 saturated carbocycles. The van der Waals surface area contributed by atoms with Crippen molar-refractivity contribution in [3.8, 4) is 0 Å². The predicted octanol–water partition coefficient (Wildman–Crippen LogP) is 3.93. The Morgan fingerprint density at radius 3 is 2.90 bits per heavy atom. The fourth-order valence-electron chi connectivity index (χ4n) is 2.64. The van der Waals surface area contributed by atoms with Gasteiger partial charge in [0.25, 0.3) is 0 Å². The largest absolute Gasteiger partial charge is 0.461 e. The average Bonchev–Trinajstić information content (AvgIpc) is 2.87. The molecule has 1 N–H and O–H groups in total. The number of carbonyl (C=O) groups is 1. The van der Waals surface area contributed by atoms with Crippen LogP contribution in [-0.2, 0) is 16.0 Å². The SMILES string of the molecule is CCCCCCC(C)OC(=O)[C@@H]1Cc2ccccc2N1. The first-order chi connectivity index (χ1) is 9.70. The van der Waals surface area contributed by atoms with Crippen LogP contribution in [0.25, 0.3) is 0 Å². The molecule has 0 aliphatic carbocycles. The summed E-state index contributed by atoms with van der Waals surface area (Å²) in [7, 11) is 0. The van der Waals surface area contributed by atoms with Gasteiger partial charge in [-0.1, -0.05) is 44.4 Å². The number of ether oxygens (including phenoxy) is 1. The monoisotopic (exact) mass is 275 g/mol. The quantitative estimate of drug-likeness (QED) is 0.605. The van der Waals surface area contributed by atoms with Gasteiger partial charge in [0.05, 0.1) is 6.10 Å². The van der Waals surface area contributed by atoms with Crippen molar-refractivity contribution in [3.63, 3.8) is 0 Å². The maximum absolute atomic E-state index is 12.1. The van der Waals surface area contributed by atoms with E-state index in [1.54, 1.807) is 0 Å². The molecule has 0 bridgehead atoms. The van der Waals surface area contributed by atoms with Gasteiger partial charge in [-0.3, -0.25) is 0 Å². The Kier molecular flexibility index (Phi) is 5.45. The number of anilines is 1. The zero-order chi connectivity index (χ0) is 14.4. The summed E-state index contributed by atoms with van der Waals surface area (Å²) in [5.74, 6) is -0.121. The van der Waals surface area contributed by atoms with Gasteiger partial charge >= 0.3 is 5.97 Å². The number of benzene rings is 1. The topological polar surface area (TPSA) is 38.3 Å². The fourth-order valence-corrected chi connectivity index (χ4v) is 2.64. The molecular formula is C17H25NO2. The fraction of sp³-hybridized carbons (Fsp3) is 0.588. The first kappa shape index (κ1) is 14.9. The molecule has 20 heavy (non-hydrogen) atoms. The van der Waals surface area contributed by atoms with Crippen molar-refractivity contribution in [3.05, 3.63) is 29.8 Å². The number of nitrogens with one attached hydrogen (secondary N) is 1. The van der Waals surface area contributed by atoms with Crippen LogP contribution < -0.4 is 5.32 Å². The second kappa shape index (κ2) is 7.32. The van der Waals surface area contributed by atoms with Gasteiger partial charge in [-0.15, -0.1) is 0 Å². The van der Waals surface area contributed by atoms with Crippen LogP contribution in [0.4, 0.5) is 5.69 Å². The molecule has 110 valence electrons. The third kappa shape index (κ3) is 3.99. The van der Waals surface area contributed by atoms with Gasteiger partial charge in [0.1, 0.15) is 6.04 Å². The molecule has 1 unspecified atom stereocenters. The highest BCUT2D eigenvalue weighted by molar-refractivity contribution is 5.82. The maximum atomic E-state index is 12.1. The highest BCUT2D eigenvalue weighted by Crippen LogP contribution is 2.26. The van der Waals surface area contributed by atoms with Gasteiger partial charge < -0.3 is 10.1 Å². The van der Waals surface area contributed by atoms with Gasteiger partial charge in [-0.2, -0.15) is 0 Å². The Hall–Kier alpha value is -1.51. The Labute approximate surface area is 121 Å².